The fourth-order valence-electron chi connectivity index (χ4n) is 2.14. The second-order valence-electron chi connectivity index (χ2n) is 4.65. The fourth-order valence-corrected chi connectivity index (χ4v) is 2.14. The van der Waals surface area contributed by atoms with Gasteiger partial charge in [-0.1, -0.05) is 0 Å². The van der Waals surface area contributed by atoms with Gasteiger partial charge < -0.3 is 29.9 Å². The smallest absolute Gasteiger partial charge is 0.238 e. The van der Waals surface area contributed by atoms with Crippen molar-refractivity contribution in [2.75, 3.05) is 0 Å². The van der Waals surface area contributed by atoms with E-state index in [-0.39, 0.29) is 74.2 Å². The topological polar surface area (TPSA) is 131 Å². The van der Waals surface area contributed by atoms with Crippen molar-refractivity contribution in [3.05, 3.63) is 40.6 Å². The molecule has 0 saturated heterocycles. The molecule has 0 radical (unpaired) electrons. The van der Waals surface area contributed by atoms with E-state index in [1.54, 1.807) is 0 Å². The maximum absolute atomic E-state index is 12.1. The number of phenols is 4. The summed E-state index contributed by atoms with van der Waals surface area (Å²) in [6, 6.07) is 5.64. The minimum atomic E-state index is -0.888. The van der Waals surface area contributed by atoms with Crippen molar-refractivity contribution in [3.63, 3.8) is 0 Å². The van der Waals surface area contributed by atoms with E-state index in [9.17, 15) is 30.3 Å². The van der Waals surface area contributed by atoms with Gasteiger partial charge >= 0.3 is 0 Å². The van der Waals surface area contributed by atoms with Crippen LogP contribution in [0.3, 0.4) is 0 Å². The largest absolute Gasteiger partial charge is 0.508 e. The van der Waals surface area contributed by atoms with Crippen LogP contribution in [0.4, 0.5) is 0 Å². The van der Waals surface area contributed by atoms with Crippen molar-refractivity contribution >= 4 is 11.0 Å². The SMILES string of the molecule is O=c1c(O)c(-c2ccc(O)c(O)c2)oc2cc(O)cc(O)c12.[Sm]. The quantitative estimate of drug-likeness (QED) is 0.357. The Labute approximate surface area is 161 Å². The molecule has 0 aliphatic heterocycles. The van der Waals surface area contributed by atoms with Crippen molar-refractivity contribution < 1.29 is 70.3 Å². The summed E-state index contributed by atoms with van der Waals surface area (Å²) in [5, 5.41) is 47.6. The van der Waals surface area contributed by atoms with Crippen LogP contribution in [0.2, 0.25) is 0 Å². The average Bonchev–Trinajstić information content (AvgIpc) is 2.45. The van der Waals surface area contributed by atoms with Crippen LogP contribution in [0.25, 0.3) is 22.3 Å². The molecule has 0 saturated carbocycles. The van der Waals surface area contributed by atoms with Gasteiger partial charge in [-0.15, -0.1) is 0 Å². The molecule has 23 heavy (non-hydrogen) atoms. The molecule has 5 N–H and O–H groups in total. The zero-order valence-electron chi connectivity index (χ0n) is 11.3. The number of hydrogen-bond acceptors (Lipinski definition) is 7. The first-order valence-electron chi connectivity index (χ1n) is 6.12. The van der Waals surface area contributed by atoms with Crippen LogP contribution < -0.4 is 5.43 Å². The summed E-state index contributed by atoms with van der Waals surface area (Å²) in [7, 11) is 0. The van der Waals surface area contributed by atoms with Crippen LogP contribution in [0.1, 0.15) is 0 Å². The van der Waals surface area contributed by atoms with Crippen LogP contribution in [0.5, 0.6) is 28.7 Å². The molecular weight excluding hydrogens is 443 g/mol. The van der Waals surface area contributed by atoms with E-state index in [1.165, 1.54) is 6.07 Å². The van der Waals surface area contributed by atoms with Crippen LogP contribution >= 0.6 is 0 Å². The number of fused-ring (bicyclic) bond motifs is 1. The molecular formula is C15H10O7Sm. The molecule has 3 aromatic rings. The molecule has 0 aliphatic carbocycles. The Morgan fingerprint density at radius 3 is 2.17 bits per heavy atom. The van der Waals surface area contributed by atoms with Gasteiger partial charge in [0.05, 0.1) is 0 Å². The first-order chi connectivity index (χ1) is 10.4. The third-order valence-electron chi connectivity index (χ3n) is 3.17. The average molecular weight is 453 g/mol. The van der Waals surface area contributed by atoms with E-state index in [0.717, 1.165) is 24.3 Å². The van der Waals surface area contributed by atoms with Crippen molar-refractivity contribution in [1.29, 1.82) is 0 Å². The van der Waals surface area contributed by atoms with Gasteiger partial charge in [-0.25, -0.2) is 0 Å². The maximum Gasteiger partial charge on any atom is 0.238 e. The van der Waals surface area contributed by atoms with Crippen LogP contribution in [-0.4, -0.2) is 25.5 Å². The normalized spacial score (nSPS) is 10.4. The third kappa shape index (κ3) is 2.93. The van der Waals surface area contributed by atoms with Crippen molar-refractivity contribution in [2.24, 2.45) is 0 Å². The first kappa shape index (κ1) is 17.3. The summed E-state index contributed by atoms with van der Waals surface area (Å²) in [5.41, 5.74) is -0.890. The molecule has 0 fully saturated rings. The molecule has 0 unspecified atom stereocenters. The van der Waals surface area contributed by atoms with Gasteiger partial charge in [0.25, 0.3) is 0 Å². The van der Waals surface area contributed by atoms with E-state index in [2.05, 4.69) is 0 Å². The van der Waals surface area contributed by atoms with Crippen LogP contribution in [0.15, 0.2) is 39.5 Å². The summed E-state index contributed by atoms with van der Waals surface area (Å²) in [4.78, 5) is 12.1. The minimum Gasteiger partial charge on any atom is -0.508 e. The van der Waals surface area contributed by atoms with Crippen molar-refractivity contribution in [3.8, 4) is 40.1 Å². The summed E-state index contributed by atoms with van der Waals surface area (Å²) in [6.07, 6.45) is 0. The molecule has 8 heteroatoms. The second-order valence-corrected chi connectivity index (χ2v) is 4.65. The van der Waals surface area contributed by atoms with E-state index in [0.29, 0.717) is 0 Å². The Morgan fingerprint density at radius 2 is 1.52 bits per heavy atom. The molecule has 2 aromatic carbocycles. The van der Waals surface area contributed by atoms with Gasteiger partial charge in [-0.2, -0.15) is 0 Å². The molecule has 0 amide bonds. The van der Waals surface area contributed by atoms with Crippen molar-refractivity contribution in [1.82, 2.24) is 0 Å². The zero-order valence-corrected chi connectivity index (χ0v) is 14.0. The predicted octanol–water partition coefficient (Wildman–Crippen LogP) is 1.99. The minimum absolute atomic E-state index is 0. The molecule has 1 aromatic heterocycles. The third-order valence-corrected chi connectivity index (χ3v) is 3.17. The summed E-state index contributed by atoms with van der Waals surface area (Å²) < 4.78 is 5.35. The number of aromatic hydroxyl groups is 5. The Kier molecular flexibility index (Phi) is 4.70. The number of hydrogen-bond donors (Lipinski definition) is 5. The molecule has 0 bridgehead atoms. The summed E-state index contributed by atoms with van der Waals surface area (Å²) >= 11 is 0. The zero-order chi connectivity index (χ0) is 16.0. The molecule has 0 atom stereocenters. The van der Waals surface area contributed by atoms with Crippen molar-refractivity contribution in [2.45, 2.75) is 0 Å². The molecule has 118 valence electrons. The Hall–Kier alpha value is -2.01. The standard InChI is InChI=1S/C15H10O7.Sm/c16-7-4-10(19)12-11(5-7)22-15(14(21)13(12)20)6-1-2-8(17)9(18)3-6;/h1-5,16-19,21H;. The van der Waals surface area contributed by atoms with Gasteiger partial charge in [-0.05, 0) is 18.2 Å². The van der Waals surface area contributed by atoms with Gasteiger partial charge in [0.2, 0.25) is 11.2 Å². The number of phenolic OH excluding ortho intramolecular Hbond substituents is 4. The molecule has 3 rings (SSSR count). The van der Waals surface area contributed by atoms with E-state index in [4.69, 9.17) is 4.42 Å². The van der Waals surface area contributed by atoms with Gasteiger partial charge in [-0.3, -0.25) is 4.79 Å². The fraction of sp³-hybridized carbons (Fsp3) is 0. The molecule has 0 aliphatic rings. The van der Waals surface area contributed by atoms with Gasteiger partial charge in [0.1, 0.15) is 22.5 Å². The molecule has 1 heterocycles. The monoisotopic (exact) mass is 454 g/mol. The molecule has 7 nitrogen and oxygen atoms in total. The maximum atomic E-state index is 12.1. The van der Waals surface area contributed by atoms with E-state index in [1.807, 2.05) is 0 Å². The number of rotatable bonds is 1. The van der Waals surface area contributed by atoms with Gasteiger partial charge in [0, 0.05) is 58.1 Å². The first-order valence-corrected chi connectivity index (χ1v) is 6.12. The van der Waals surface area contributed by atoms with Crippen LogP contribution in [0, 0.1) is 40.4 Å². The van der Waals surface area contributed by atoms with Crippen LogP contribution in [-0.2, 0) is 0 Å². The number of benzene rings is 2. The molecule has 0 spiro atoms. The predicted molar refractivity (Wildman–Crippen MR) is 76.2 cm³/mol. The summed E-state index contributed by atoms with van der Waals surface area (Å²) in [6.45, 7) is 0. The Bertz CT molecular complexity index is 962. The Morgan fingerprint density at radius 1 is 0.826 bits per heavy atom. The second kappa shape index (κ2) is 6.24. The van der Waals surface area contributed by atoms with E-state index < -0.39 is 22.7 Å². The van der Waals surface area contributed by atoms with E-state index >= 15 is 0 Å². The summed E-state index contributed by atoms with van der Waals surface area (Å²) in [5.74, 6) is -2.71. The van der Waals surface area contributed by atoms with Gasteiger partial charge in [0.15, 0.2) is 17.3 Å². The Balaban J connectivity index is 0.00000192.